The SMILES string of the molecule is OC1(c2ccccc2)CCC2(CCCCC2)CC1. The fraction of sp³-hybridized carbons (Fsp3) is 0.647. The first kappa shape index (κ1) is 12.2. The summed E-state index contributed by atoms with van der Waals surface area (Å²) in [4.78, 5) is 0. The van der Waals surface area contributed by atoms with Gasteiger partial charge in [0.05, 0.1) is 5.60 Å². The van der Waals surface area contributed by atoms with Crippen molar-refractivity contribution in [3.63, 3.8) is 0 Å². The molecule has 0 unspecified atom stereocenters. The first-order valence-electron chi connectivity index (χ1n) is 7.51. The van der Waals surface area contributed by atoms with Gasteiger partial charge in [-0.15, -0.1) is 0 Å². The van der Waals surface area contributed by atoms with E-state index in [9.17, 15) is 5.11 Å². The molecule has 0 bridgehead atoms. The minimum absolute atomic E-state index is 0.552. The first-order chi connectivity index (χ1) is 8.73. The minimum Gasteiger partial charge on any atom is -0.385 e. The zero-order valence-corrected chi connectivity index (χ0v) is 11.2. The van der Waals surface area contributed by atoms with Crippen LogP contribution in [-0.2, 0) is 5.60 Å². The van der Waals surface area contributed by atoms with Crippen molar-refractivity contribution >= 4 is 0 Å². The van der Waals surface area contributed by atoms with Gasteiger partial charge in [-0.1, -0.05) is 49.6 Å². The lowest BCUT2D eigenvalue weighted by Crippen LogP contribution is -2.38. The summed E-state index contributed by atoms with van der Waals surface area (Å²) in [5, 5.41) is 10.9. The molecule has 2 saturated carbocycles. The van der Waals surface area contributed by atoms with E-state index in [1.54, 1.807) is 0 Å². The van der Waals surface area contributed by atoms with Crippen LogP contribution in [0.5, 0.6) is 0 Å². The molecular formula is C17H24O. The summed E-state index contributed by atoms with van der Waals surface area (Å²) in [6, 6.07) is 10.3. The van der Waals surface area contributed by atoms with Crippen LogP contribution in [0.2, 0.25) is 0 Å². The van der Waals surface area contributed by atoms with Crippen LogP contribution in [0.4, 0.5) is 0 Å². The molecule has 0 atom stereocenters. The van der Waals surface area contributed by atoms with Gasteiger partial charge in [-0.2, -0.15) is 0 Å². The standard InChI is InChI=1S/C17H24O/c18-17(15-7-3-1-4-8-15)13-11-16(12-14-17)9-5-2-6-10-16/h1,3-4,7-8,18H,2,5-6,9-14H2. The highest BCUT2D eigenvalue weighted by atomic mass is 16.3. The predicted molar refractivity (Wildman–Crippen MR) is 74.3 cm³/mol. The van der Waals surface area contributed by atoms with Crippen LogP contribution in [0.1, 0.15) is 63.4 Å². The van der Waals surface area contributed by atoms with E-state index in [-0.39, 0.29) is 0 Å². The second kappa shape index (κ2) is 4.70. The Labute approximate surface area is 110 Å². The molecule has 1 heteroatoms. The fourth-order valence-corrected chi connectivity index (χ4v) is 4.03. The van der Waals surface area contributed by atoms with Crippen LogP contribution >= 0.6 is 0 Å². The Morgan fingerprint density at radius 2 is 1.33 bits per heavy atom. The van der Waals surface area contributed by atoms with Crippen molar-refractivity contribution in [1.82, 2.24) is 0 Å². The monoisotopic (exact) mass is 244 g/mol. The Morgan fingerprint density at radius 3 is 1.94 bits per heavy atom. The summed E-state index contributed by atoms with van der Waals surface area (Å²) in [7, 11) is 0. The molecule has 1 aromatic carbocycles. The zero-order chi connectivity index (χ0) is 12.5. The third kappa shape index (κ3) is 2.21. The molecule has 1 spiro atoms. The van der Waals surface area contributed by atoms with Gasteiger partial charge >= 0.3 is 0 Å². The van der Waals surface area contributed by atoms with Crippen molar-refractivity contribution in [3.8, 4) is 0 Å². The Kier molecular flexibility index (Phi) is 3.19. The predicted octanol–water partition coefficient (Wildman–Crippen LogP) is 4.40. The highest BCUT2D eigenvalue weighted by Crippen LogP contribution is 2.52. The van der Waals surface area contributed by atoms with Crippen molar-refractivity contribution in [2.24, 2.45) is 5.41 Å². The van der Waals surface area contributed by atoms with E-state index in [0.717, 1.165) is 18.4 Å². The lowest BCUT2D eigenvalue weighted by molar-refractivity contribution is -0.0489. The van der Waals surface area contributed by atoms with Crippen molar-refractivity contribution < 1.29 is 5.11 Å². The van der Waals surface area contributed by atoms with Gasteiger partial charge in [0, 0.05) is 0 Å². The summed E-state index contributed by atoms with van der Waals surface area (Å²) in [6.07, 6.45) is 11.4. The molecule has 2 aliphatic carbocycles. The van der Waals surface area contributed by atoms with Crippen molar-refractivity contribution in [3.05, 3.63) is 35.9 Å². The molecule has 0 aliphatic heterocycles. The minimum atomic E-state index is -0.552. The van der Waals surface area contributed by atoms with Gasteiger partial charge in [0.1, 0.15) is 0 Å². The first-order valence-corrected chi connectivity index (χ1v) is 7.51. The molecule has 3 rings (SSSR count). The molecule has 18 heavy (non-hydrogen) atoms. The lowest BCUT2D eigenvalue weighted by atomic mass is 9.61. The van der Waals surface area contributed by atoms with Crippen LogP contribution in [0.25, 0.3) is 0 Å². The average molecular weight is 244 g/mol. The number of hydrogen-bond acceptors (Lipinski definition) is 1. The molecule has 2 fully saturated rings. The third-order valence-corrected chi connectivity index (χ3v) is 5.36. The van der Waals surface area contributed by atoms with Crippen LogP contribution < -0.4 is 0 Å². The van der Waals surface area contributed by atoms with E-state index >= 15 is 0 Å². The molecule has 0 heterocycles. The van der Waals surface area contributed by atoms with Crippen LogP contribution in [0.15, 0.2) is 30.3 Å². The highest BCUT2D eigenvalue weighted by Gasteiger charge is 2.42. The maximum absolute atomic E-state index is 10.9. The van der Waals surface area contributed by atoms with Crippen LogP contribution in [0, 0.1) is 5.41 Å². The van der Waals surface area contributed by atoms with Gasteiger partial charge < -0.3 is 5.11 Å². The molecule has 0 saturated heterocycles. The Morgan fingerprint density at radius 1 is 0.722 bits per heavy atom. The molecule has 98 valence electrons. The molecule has 0 aromatic heterocycles. The molecule has 1 nitrogen and oxygen atoms in total. The number of rotatable bonds is 1. The van der Waals surface area contributed by atoms with E-state index in [1.807, 2.05) is 18.2 Å². The number of aliphatic hydroxyl groups is 1. The van der Waals surface area contributed by atoms with E-state index in [2.05, 4.69) is 12.1 Å². The van der Waals surface area contributed by atoms with Gasteiger partial charge in [-0.3, -0.25) is 0 Å². The second-order valence-electron chi connectivity index (χ2n) is 6.46. The van der Waals surface area contributed by atoms with Gasteiger partial charge in [0.2, 0.25) is 0 Å². The van der Waals surface area contributed by atoms with E-state index in [4.69, 9.17) is 0 Å². The van der Waals surface area contributed by atoms with Crippen LogP contribution in [0.3, 0.4) is 0 Å². The molecule has 1 aromatic rings. The zero-order valence-electron chi connectivity index (χ0n) is 11.2. The summed E-state index contributed by atoms with van der Waals surface area (Å²) >= 11 is 0. The van der Waals surface area contributed by atoms with Crippen LogP contribution in [-0.4, -0.2) is 5.11 Å². The van der Waals surface area contributed by atoms with Gasteiger partial charge in [-0.05, 0) is 49.5 Å². The molecule has 1 N–H and O–H groups in total. The van der Waals surface area contributed by atoms with Crippen molar-refractivity contribution in [1.29, 1.82) is 0 Å². The molecular weight excluding hydrogens is 220 g/mol. The summed E-state index contributed by atoms with van der Waals surface area (Å²) in [6.45, 7) is 0. The Balaban J connectivity index is 1.72. The second-order valence-corrected chi connectivity index (χ2v) is 6.46. The molecule has 0 amide bonds. The normalized spacial score (nSPS) is 26.1. The molecule has 0 radical (unpaired) electrons. The fourth-order valence-electron chi connectivity index (χ4n) is 4.03. The quantitative estimate of drug-likeness (QED) is 0.776. The summed E-state index contributed by atoms with van der Waals surface area (Å²) < 4.78 is 0. The maximum Gasteiger partial charge on any atom is 0.0897 e. The number of benzene rings is 1. The van der Waals surface area contributed by atoms with Gasteiger partial charge in [0.15, 0.2) is 0 Å². The van der Waals surface area contributed by atoms with E-state index in [1.165, 1.54) is 44.9 Å². The third-order valence-electron chi connectivity index (χ3n) is 5.36. The smallest absolute Gasteiger partial charge is 0.0897 e. The largest absolute Gasteiger partial charge is 0.385 e. The highest BCUT2D eigenvalue weighted by molar-refractivity contribution is 5.23. The van der Waals surface area contributed by atoms with Crippen molar-refractivity contribution in [2.75, 3.05) is 0 Å². The summed E-state index contributed by atoms with van der Waals surface area (Å²) in [5.74, 6) is 0. The maximum atomic E-state index is 10.9. The topological polar surface area (TPSA) is 20.2 Å². The van der Waals surface area contributed by atoms with E-state index in [0.29, 0.717) is 5.41 Å². The summed E-state index contributed by atoms with van der Waals surface area (Å²) in [5.41, 5.74) is 1.15. The lowest BCUT2D eigenvalue weighted by Gasteiger charge is -2.46. The van der Waals surface area contributed by atoms with Gasteiger partial charge in [-0.25, -0.2) is 0 Å². The Bertz CT molecular complexity index is 379. The Hall–Kier alpha value is -0.820. The number of hydrogen-bond donors (Lipinski definition) is 1. The van der Waals surface area contributed by atoms with Crippen molar-refractivity contribution in [2.45, 2.75) is 63.4 Å². The molecule has 2 aliphatic rings. The van der Waals surface area contributed by atoms with Gasteiger partial charge in [0.25, 0.3) is 0 Å². The van der Waals surface area contributed by atoms with E-state index < -0.39 is 5.60 Å². The average Bonchev–Trinajstić information content (AvgIpc) is 2.45.